The molecule has 3 heterocycles. The van der Waals surface area contributed by atoms with Gasteiger partial charge in [-0.3, -0.25) is 0 Å². The predicted octanol–water partition coefficient (Wildman–Crippen LogP) is 5.94. The molecule has 1 N–H and O–H groups in total. The molecule has 1 aliphatic heterocycles. The van der Waals surface area contributed by atoms with Crippen LogP contribution >= 0.6 is 23.3 Å². The SMILES string of the molecule is COc1cccc(OC)c1SNc1noc2cc(-c3cscc3C)c3c(c12)OCC3. The van der Waals surface area contributed by atoms with E-state index in [2.05, 4.69) is 33.6 Å². The molecule has 0 saturated heterocycles. The molecule has 154 valence electrons. The molecular formula is C22H20N2O4S2. The molecule has 0 atom stereocenters. The number of anilines is 1. The predicted molar refractivity (Wildman–Crippen MR) is 120 cm³/mol. The van der Waals surface area contributed by atoms with E-state index in [1.165, 1.54) is 28.6 Å². The van der Waals surface area contributed by atoms with Gasteiger partial charge in [0.05, 0.1) is 20.8 Å². The fourth-order valence-electron chi connectivity index (χ4n) is 3.74. The highest BCUT2D eigenvalue weighted by molar-refractivity contribution is 8.00. The average Bonchev–Trinajstić information content (AvgIpc) is 3.50. The number of nitrogens with zero attached hydrogens (tertiary/aromatic N) is 1. The monoisotopic (exact) mass is 440 g/mol. The van der Waals surface area contributed by atoms with E-state index < -0.39 is 0 Å². The molecule has 0 radical (unpaired) electrons. The van der Waals surface area contributed by atoms with Crippen LogP contribution in [0.3, 0.4) is 0 Å². The van der Waals surface area contributed by atoms with Crippen molar-refractivity contribution in [3.05, 3.63) is 46.2 Å². The van der Waals surface area contributed by atoms with Crippen LogP contribution in [-0.4, -0.2) is 26.0 Å². The maximum atomic E-state index is 6.04. The minimum atomic E-state index is 0.620. The maximum absolute atomic E-state index is 6.04. The van der Waals surface area contributed by atoms with Gasteiger partial charge in [-0.2, -0.15) is 11.3 Å². The third kappa shape index (κ3) is 3.07. The zero-order valence-electron chi connectivity index (χ0n) is 16.8. The van der Waals surface area contributed by atoms with Gasteiger partial charge < -0.3 is 23.5 Å². The van der Waals surface area contributed by atoms with Gasteiger partial charge in [-0.25, -0.2) is 0 Å². The van der Waals surface area contributed by atoms with Crippen LogP contribution in [0.15, 0.2) is 44.4 Å². The van der Waals surface area contributed by atoms with Gasteiger partial charge in [0.2, 0.25) is 0 Å². The van der Waals surface area contributed by atoms with Crippen LogP contribution in [0.25, 0.3) is 22.1 Å². The van der Waals surface area contributed by atoms with Gasteiger partial charge in [0, 0.05) is 12.0 Å². The van der Waals surface area contributed by atoms with Crippen LogP contribution < -0.4 is 18.9 Å². The van der Waals surface area contributed by atoms with Gasteiger partial charge in [-0.15, -0.1) is 0 Å². The van der Waals surface area contributed by atoms with Gasteiger partial charge in [-0.1, -0.05) is 11.2 Å². The van der Waals surface area contributed by atoms with Gasteiger partial charge in [0.25, 0.3) is 0 Å². The molecule has 0 unspecified atom stereocenters. The number of nitrogens with one attached hydrogen (secondary N) is 1. The van der Waals surface area contributed by atoms with E-state index in [-0.39, 0.29) is 0 Å². The normalized spacial score (nSPS) is 12.6. The van der Waals surface area contributed by atoms with Crippen LogP contribution in [-0.2, 0) is 6.42 Å². The topological polar surface area (TPSA) is 65.8 Å². The van der Waals surface area contributed by atoms with Gasteiger partial charge >= 0.3 is 0 Å². The molecule has 0 aliphatic carbocycles. The largest absolute Gasteiger partial charge is 0.495 e. The number of hydrogen-bond acceptors (Lipinski definition) is 8. The van der Waals surface area contributed by atoms with Crippen LogP contribution in [0.5, 0.6) is 17.2 Å². The fraction of sp³-hybridized carbons (Fsp3) is 0.227. The summed E-state index contributed by atoms with van der Waals surface area (Å²) in [6, 6.07) is 7.75. The van der Waals surface area contributed by atoms with E-state index in [4.69, 9.17) is 18.7 Å². The van der Waals surface area contributed by atoms with Gasteiger partial charge in [0.1, 0.15) is 27.5 Å². The van der Waals surface area contributed by atoms with Gasteiger partial charge in [-0.05, 0) is 64.5 Å². The quantitative estimate of drug-likeness (QED) is 0.372. The Morgan fingerprint density at radius 1 is 1.13 bits per heavy atom. The smallest absolute Gasteiger partial charge is 0.191 e. The Morgan fingerprint density at radius 3 is 2.63 bits per heavy atom. The number of hydrogen-bond donors (Lipinski definition) is 1. The molecule has 0 bridgehead atoms. The second kappa shape index (κ2) is 7.77. The first kappa shape index (κ1) is 19.1. The Morgan fingerprint density at radius 2 is 1.93 bits per heavy atom. The Bertz CT molecular complexity index is 1210. The summed E-state index contributed by atoms with van der Waals surface area (Å²) < 4.78 is 26.0. The van der Waals surface area contributed by atoms with Crippen molar-refractivity contribution < 1.29 is 18.7 Å². The summed E-state index contributed by atoms with van der Waals surface area (Å²) in [5, 5.41) is 9.47. The lowest BCUT2D eigenvalue weighted by molar-refractivity contribution is 0.360. The highest BCUT2D eigenvalue weighted by atomic mass is 32.2. The second-order valence-corrected chi connectivity index (χ2v) is 8.46. The summed E-state index contributed by atoms with van der Waals surface area (Å²) in [6.45, 7) is 2.78. The number of rotatable bonds is 6. The fourth-order valence-corrected chi connectivity index (χ4v) is 5.43. The second-order valence-electron chi connectivity index (χ2n) is 6.90. The number of methoxy groups -OCH3 is 2. The molecule has 0 spiro atoms. The molecule has 1 aliphatic rings. The first-order valence-corrected chi connectivity index (χ1v) is 11.2. The average molecular weight is 441 g/mol. The lowest BCUT2D eigenvalue weighted by Gasteiger charge is -2.12. The van der Waals surface area contributed by atoms with Crippen LogP contribution in [0, 0.1) is 6.92 Å². The van der Waals surface area contributed by atoms with E-state index in [0.29, 0.717) is 18.0 Å². The number of ether oxygens (including phenoxy) is 3. The van der Waals surface area contributed by atoms with E-state index in [1.807, 2.05) is 18.2 Å². The lowest BCUT2D eigenvalue weighted by Crippen LogP contribution is -1.95. The minimum Gasteiger partial charge on any atom is -0.495 e. The van der Waals surface area contributed by atoms with E-state index in [1.54, 1.807) is 25.6 Å². The molecule has 2 aromatic heterocycles. The van der Waals surface area contributed by atoms with Gasteiger partial charge in [0.15, 0.2) is 11.4 Å². The highest BCUT2D eigenvalue weighted by Gasteiger charge is 2.27. The number of aromatic nitrogens is 1. The first-order valence-electron chi connectivity index (χ1n) is 9.46. The van der Waals surface area contributed by atoms with Crippen molar-refractivity contribution in [3.8, 4) is 28.4 Å². The summed E-state index contributed by atoms with van der Waals surface area (Å²) in [7, 11) is 3.28. The van der Waals surface area contributed by atoms with Crippen molar-refractivity contribution in [3.63, 3.8) is 0 Å². The summed E-state index contributed by atoms with van der Waals surface area (Å²) in [6.07, 6.45) is 0.869. The molecule has 0 amide bonds. The Labute approximate surface area is 182 Å². The third-order valence-corrected chi connectivity index (χ3v) is 6.96. The summed E-state index contributed by atoms with van der Waals surface area (Å²) in [5.41, 5.74) is 5.55. The van der Waals surface area contributed by atoms with Crippen molar-refractivity contribution in [2.75, 3.05) is 25.5 Å². The molecule has 2 aromatic carbocycles. The molecule has 30 heavy (non-hydrogen) atoms. The molecule has 0 saturated carbocycles. The van der Waals surface area contributed by atoms with Crippen molar-refractivity contribution in [1.29, 1.82) is 0 Å². The zero-order valence-corrected chi connectivity index (χ0v) is 18.4. The Kier molecular flexibility index (Phi) is 4.96. The number of aryl methyl sites for hydroxylation is 1. The number of benzene rings is 2. The lowest BCUT2D eigenvalue weighted by atomic mass is 9.96. The molecular weight excluding hydrogens is 420 g/mol. The summed E-state index contributed by atoms with van der Waals surface area (Å²) in [4.78, 5) is 0.835. The van der Waals surface area contributed by atoms with E-state index in [9.17, 15) is 0 Å². The standard InChI is InChI=1S/C22H20N2O4S2/c1-12-10-29-11-15(12)14-9-18-19(20-13(14)7-8-27-20)22(23-28-18)24-30-21-16(25-2)5-4-6-17(21)26-3/h4-6,9-11H,7-8H2,1-3H3,(H,23,24). The van der Waals surface area contributed by atoms with Crippen molar-refractivity contribution in [1.82, 2.24) is 5.16 Å². The Balaban J connectivity index is 1.55. The first-order chi connectivity index (χ1) is 14.7. The molecule has 5 rings (SSSR count). The number of thiophene rings is 1. The van der Waals surface area contributed by atoms with E-state index >= 15 is 0 Å². The summed E-state index contributed by atoms with van der Waals surface area (Å²) in [5.74, 6) is 2.91. The molecule has 8 heteroatoms. The zero-order chi connectivity index (χ0) is 20.7. The van der Waals surface area contributed by atoms with Crippen molar-refractivity contribution in [2.24, 2.45) is 0 Å². The van der Waals surface area contributed by atoms with E-state index in [0.717, 1.165) is 39.5 Å². The van der Waals surface area contributed by atoms with Crippen molar-refractivity contribution >= 4 is 40.1 Å². The highest BCUT2D eigenvalue weighted by Crippen LogP contribution is 2.46. The van der Waals surface area contributed by atoms with Crippen LogP contribution in [0.1, 0.15) is 11.1 Å². The Hall–Kier alpha value is -2.84. The molecule has 0 fully saturated rings. The van der Waals surface area contributed by atoms with Crippen LogP contribution in [0.2, 0.25) is 0 Å². The van der Waals surface area contributed by atoms with Crippen LogP contribution in [0.4, 0.5) is 5.82 Å². The maximum Gasteiger partial charge on any atom is 0.191 e. The third-order valence-electron chi connectivity index (χ3n) is 5.20. The minimum absolute atomic E-state index is 0.620. The molecule has 6 nitrogen and oxygen atoms in total. The molecule has 4 aromatic rings. The van der Waals surface area contributed by atoms with Crippen molar-refractivity contribution in [2.45, 2.75) is 18.2 Å². The number of fused-ring (bicyclic) bond motifs is 3. The summed E-state index contributed by atoms with van der Waals surface area (Å²) >= 11 is 3.07.